The van der Waals surface area contributed by atoms with Gasteiger partial charge in [0.25, 0.3) is 0 Å². The first-order chi connectivity index (χ1) is 9.61. The van der Waals surface area contributed by atoms with Crippen LogP contribution in [0.2, 0.25) is 0 Å². The maximum atomic E-state index is 12.5. The van der Waals surface area contributed by atoms with Gasteiger partial charge in [-0.15, -0.1) is 0 Å². The number of hydrogen-bond acceptors (Lipinski definition) is 6. The van der Waals surface area contributed by atoms with Gasteiger partial charge >= 0.3 is 6.80 Å². The summed E-state index contributed by atoms with van der Waals surface area (Å²) in [6, 6.07) is 0. The van der Waals surface area contributed by atoms with Gasteiger partial charge in [0.15, 0.2) is 6.55 Å². The van der Waals surface area contributed by atoms with Gasteiger partial charge in [-0.05, 0) is 26.7 Å². The molecule has 20 heavy (non-hydrogen) atoms. The molecule has 0 N–H and O–H groups in total. The van der Waals surface area contributed by atoms with Crippen molar-refractivity contribution in [1.29, 1.82) is 0 Å². The van der Waals surface area contributed by atoms with Crippen LogP contribution in [0.1, 0.15) is 53.4 Å². The molecule has 0 saturated heterocycles. The van der Waals surface area contributed by atoms with Crippen molar-refractivity contribution in [2.75, 3.05) is 25.6 Å². The van der Waals surface area contributed by atoms with Gasteiger partial charge in [0.05, 0.1) is 19.8 Å². The predicted octanol–water partition coefficient (Wildman–Crippen LogP) is 6.48. The standard InChI is InChI=1S/C12H28O4P2S2/c1-5-9-11-14-17(19-12-10-6-2)20-18(13,15-7-3)16-8-4/h5-12H2,1-4H3. The lowest BCUT2D eigenvalue weighted by atomic mass is 10.4. The summed E-state index contributed by atoms with van der Waals surface area (Å²) in [6.45, 7) is 5.51. The van der Waals surface area contributed by atoms with E-state index >= 15 is 0 Å². The van der Waals surface area contributed by atoms with Crippen molar-refractivity contribution in [3.63, 3.8) is 0 Å². The van der Waals surface area contributed by atoms with E-state index in [2.05, 4.69) is 13.8 Å². The molecule has 0 bridgehead atoms. The maximum Gasteiger partial charge on any atom is 0.396 e. The SMILES string of the molecule is CCCCOP(SCCCC)SP(=O)(OCC)OCC. The van der Waals surface area contributed by atoms with Crippen molar-refractivity contribution < 1.29 is 18.1 Å². The Morgan fingerprint density at radius 1 is 1.00 bits per heavy atom. The molecule has 0 aliphatic carbocycles. The third-order valence-corrected chi connectivity index (χ3v) is 13.9. The quantitative estimate of drug-likeness (QED) is 0.260. The molecule has 0 rings (SSSR count). The lowest BCUT2D eigenvalue weighted by molar-refractivity contribution is 0.237. The van der Waals surface area contributed by atoms with Crippen LogP contribution in [-0.4, -0.2) is 25.6 Å². The fraction of sp³-hybridized carbons (Fsp3) is 1.00. The zero-order valence-electron chi connectivity index (χ0n) is 13.0. The minimum absolute atomic E-state index is 0.391. The Bertz CT molecular complexity index is 250. The van der Waals surface area contributed by atoms with Gasteiger partial charge in [0, 0.05) is 16.8 Å². The average molecular weight is 362 g/mol. The lowest BCUT2D eigenvalue weighted by Crippen LogP contribution is -1.93. The molecule has 4 nitrogen and oxygen atoms in total. The van der Waals surface area contributed by atoms with Crippen LogP contribution in [0.5, 0.6) is 0 Å². The average Bonchev–Trinajstić information content (AvgIpc) is 2.39. The Morgan fingerprint density at radius 3 is 2.10 bits per heavy atom. The Hall–Kier alpha value is 1.24. The minimum atomic E-state index is -3.07. The van der Waals surface area contributed by atoms with Gasteiger partial charge in [0.1, 0.15) is 0 Å². The molecule has 122 valence electrons. The highest BCUT2D eigenvalue weighted by atomic mass is 33.3. The smallest absolute Gasteiger partial charge is 0.339 e. The third kappa shape index (κ3) is 10.9. The van der Waals surface area contributed by atoms with Crippen LogP contribution in [-0.2, 0) is 18.1 Å². The Morgan fingerprint density at radius 2 is 1.60 bits per heavy atom. The van der Waals surface area contributed by atoms with Crippen LogP contribution in [0.25, 0.3) is 0 Å². The summed E-state index contributed by atoms with van der Waals surface area (Å²) in [4.78, 5) is 0. The molecule has 0 aliphatic rings. The zero-order chi connectivity index (χ0) is 15.3. The van der Waals surface area contributed by atoms with Gasteiger partial charge in [-0.1, -0.05) is 38.1 Å². The Kier molecular flexibility index (Phi) is 14.7. The second-order valence-corrected chi connectivity index (χ2v) is 13.7. The van der Waals surface area contributed by atoms with Gasteiger partial charge in [0.2, 0.25) is 0 Å². The van der Waals surface area contributed by atoms with E-state index in [1.165, 1.54) is 11.0 Å². The molecule has 1 atom stereocenters. The monoisotopic (exact) mass is 362 g/mol. The highest BCUT2D eigenvalue weighted by molar-refractivity contribution is 9.01. The fourth-order valence-electron chi connectivity index (χ4n) is 1.13. The summed E-state index contributed by atoms with van der Waals surface area (Å²) in [5, 5.41) is 0. The zero-order valence-corrected chi connectivity index (χ0v) is 16.4. The minimum Gasteiger partial charge on any atom is -0.339 e. The molecule has 0 aliphatic heterocycles. The van der Waals surface area contributed by atoms with E-state index in [0.717, 1.165) is 31.4 Å². The predicted molar refractivity (Wildman–Crippen MR) is 93.6 cm³/mol. The molecule has 1 unspecified atom stereocenters. The highest BCUT2D eigenvalue weighted by Gasteiger charge is 2.31. The van der Waals surface area contributed by atoms with Gasteiger partial charge < -0.3 is 13.6 Å². The lowest BCUT2D eigenvalue weighted by Gasteiger charge is -2.21. The summed E-state index contributed by atoms with van der Waals surface area (Å²) < 4.78 is 29.1. The van der Waals surface area contributed by atoms with Crippen LogP contribution >= 0.6 is 35.7 Å². The summed E-state index contributed by atoms with van der Waals surface area (Å²) in [7, 11) is 0. The van der Waals surface area contributed by atoms with Gasteiger partial charge in [-0.25, -0.2) is 4.57 Å². The molecular formula is C12H28O4P2S2. The molecular weight excluding hydrogens is 334 g/mol. The molecule has 0 aromatic rings. The molecule has 0 aromatic heterocycles. The van der Waals surface area contributed by atoms with Gasteiger partial charge in [-0.3, -0.25) is 0 Å². The Labute approximate surface area is 133 Å². The van der Waals surface area contributed by atoms with Crippen LogP contribution in [0.4, 0.5) is 0 Å². The summed E-state index contributed by atoms with van der Waals surface area (Å²) in [5.41, 5.74) is 0. The largest absolute Gasteiger partial charge is 0.396 e. The Balaban J connectivity index is 4.42. The van der Waals surface area contributed by atoms with Crippen molar-refractivity contribution in [2.45, 2.75) is 53.4 Å². The first-order valence-corrected chi connectivity index (χ1v) is 13.7. The molecule has 0 fully saturated rings. The van der Waals surface area contributed by atoms with E-state index < -0.39 is 13.3 Å². The number of hydrogen-bond donors (Lipinski definition) is 0. The summed E-state index contributed by atoms with van der Waals surface area (Å²) in [5.74, 6) is 1.03. The van der Waals surface area contributed by atoms with Crippen molar-refractivity contribution in [1.82, 2.24) is 0 Å². The first-order valence-electron chi connectivity index (χ1n) is 7.26. The molecule has 0 radical (unpaired) electrons. The number of unbranched alkanes of at least 4 members (excludes halogenated alkanes) is 2. The fourth-order valence-corrected chi connectivity index (χ4v) is 13.6. The van der Waals surface area contributed by atoms with E-state index in [1.54, 1.807) is 11.4 Å². The summed E-state index contributed by atoms with van der Waals surface area (Å²) in [6.07, 6.45) is 4.43. The van der Waals surface area contributed by atoms with Crippen LogP contribution in [0.15, 0.2) is 0 Å². The third-order valence-electron chi connectivity index (χ3n) is 2.13. The molecule has 0 saturated carbocycles. The van der Waals surface area contributed by atoms with E-state index in [1.807, 2.05) is 13.8 Å². The van der Waals surface area contributed by atoms with Crippen LogP contribution < -0.4 is 0 Å². The van der Waals surface area contributed by atoms with Crippen LogP contribution in [0, 0.1) is 0 Å². The van der Waals surface area contributed by atoms with E-state index in [-0.39, 0.29) is 0 Å². The van der Waals surface area contributed by atoms with Gasteiger partial charge in [-0.2, -0.15) is 0 Å². The van der Waals surface area contributed by atoms with Crippen molar-refractivity contribution >= 4 is 35.7 Å². The van der Waals surface area contributed by atoms with Crippen LogP contribution in [0.3, 0.4) is 0 Å². The molecule has 0 amide bonds. The molecule has 8 heteroatoms. The topological polar surface area (TPSA) is 44.8 Å². The highest BCUT2D eigenvalue weighted by Crippen LogP contribution is 2.79. The second kappa shape index (κ2) is 13.9. The second-order valence-electron chi connectivity index (χ2n) is 3.96. The van der Waals surface area contributed by atoms with Crippen molar-refractivity contribution in [2.24, 2.45) is 0 Å². The van der Waals surface area contributed by atoms with E-state index in [4.69, 9.17) is 13.6 Å². The normalized spacial score (nSPS) is 13.6. The van der Waals surface area contributed by atoms with Crippen molar-refractivity contribution in [3.8, 4) is 0 Å². The van der Waals surface area contributed by atoms with Crippen molar-refractivity contribution in [3.05, 3.63) is 0 Å². The first kappa shape index (κ1) is 21.2. The molecule has 0 heterocycles. The summed E-state index contributed by atoms with van der Waals surface area (Å²) >= 11 is 3.01. The molecule has 0 aromatic carbocycles. The maximum absolute atomic E-state index is 12.5. The molecule has 0 spiro atoms. The van der Waals surface area contributed by atoms with E-state index in [9.17, 15) is 4.57 Å². The van der Waals surface area contributed by atoms with E-state index in [0.29, 0.717) is 19.8 Å². The number of rotatable bonds is 14.